The number of sulfonamides is 1. The first-order valence-corrected chi connectivity index (χ1v) is 7.86. The summed E-state index contributed by atoms with van der Waals surface area (Å²) in [7, 11) is -3.86. The third-order valence-electron chi connectivity index (χ3n) is 2.98. The van der Waals surface area contributed by atoms with Gasteiger partial charge in [0.1, 0.15) is 0 Å². The second-order valence-corrected chi connectivity index (χ2v) is 6.34. The molecule has 0 heterocycles. The topological polar surface area (TPSA) is 89.3 Å². The van der Waals surface area contributed by atoms with E-state index < -0.39 is 15.9 Å². The summed E-state index contributed by atoms with van der Waals surface area (Å²) in [6.07, 6.45) is 0. The lowest BCUT2D eigenvalue weighted by Crippen LogP contribution is -2.30. The van der Waals surface area contributed by atoms with Crippen molar-refractivity contribution in [2.75, 3.05) is 0 Å². The SMILES string of the molecule is CC(N)c1ccc(C(=O)NS(=O)(=O)c2ccccc2)cc1. The summed E-state index contributed by atoms with van der Waals surface area (Å²) in [6.45, 7) is 1.83. The second kappa shape index (κ2) is 6.07. The summed E-state index contributed by atoms with van der Waals surface area (Å²) in [4.78, 5) is 12.0. The monoisotopic (exact) mass is 304 g/mol. The molecule has 0 aliphatic rings. The zero-order chi connectivity index (χ0) is 15.5. The average molecular weight is 304 g/mol. The van der Waals surface area contributed by atoms with Crippen LogP contribution in [0.15, 0.2) is 59.5 Å². The van der Waals surface area contributed by atoms with Crippen LogP contribution in [-0.2, 0) is 10.0 Å². The van der Waals surface area contributed by atoms with Crippen molar-refractivity contribution in [3.8, 4) is 0 Å². The minimum absolute atomic E-state index is 0.0468. The number of amides is 1. The average Bonchev–Trinajstić information content (AvgIpc) is 2.48. The summed E-state index contributed by atoms with van der Waals surface area (Å²) >= 11 is 0. The standard InChI is InChI=1S/C15H16N2O3S/c1-11(16)12-7-9-13(10-8-12)15(18)17-21(19,20)14-5-3-2-4-6-14/h2-11H,16H2,1H3,(H,17,18). The molecule has 0 radical (unpaired) electrons. The first-order valence-electron chi connectivity index (χ1n) is 6.38. The Hall–Kier alpha value is -2.18. The Balaban J connectivity index is 2.18. The van der Waals surface area contributed by atoms with E-state index in [1.54, 1.807) is 42.5 Å². The first kappa shape index (κ1) is 15.2. The second-order valence-electron chi connectivity index (χ2n) is 4.66. The first-order chi connectivity index (χ1) is 9.90. The van der Waals surface area contributed by atoms with Crippen LogP contribution in [0.1, 0.15) is 28.9 Å². The van der Waals surface area contributed by atoms with Crippen LogP contribution >= 0.6 is 0 Å². The molecule has 21 heavy (non-hydrogen) atoms. The Bertz CT molecular complexity index is 723. The maximum absolute atomic E-state index is 12.0. The van der Waals surface area contributed by atoms with Gasteiger partial charge in [-0.25, -0.2) is 13.1 Å². The van der Waals surface area contributed by atoms with Gasteiger partial charge in [-0.3, -0.25) is 4.79 Å². The zero-order valence-corrected chi connectivity index (χ0v) is 12.3. The van der Waals surface area contributed by atoms with Crippen LogP contribution in [0.5, 0.6) is 0 Å². The largest absolute Gasteiger partial charge is 0.324 e. The molecule has 3 N–H and O–H groups in total. The normalized spacial score (nSPS) is 12.7. The molecular formula is C15H16N2O3S. The van der Waals surface area contributed by atoms with Crippen LogP contribution in [0.4, 0.5) is 0 Å². The van der Waals surface area contributed by atoms with Gasteiger partial charge >= 0.3 is 0 Å². The van der Waals surface area contributed by atoms with Gasteiger partial charge in [-0.05, 0) is 36.8 Å². The molecule has 0 aliphatic heterocycles. The highest BCUT2D eigenvalue weighted by atomic mass is 32.2. The fourth-order valence-electron chi connectivity index (χ4n) is 1.78. The summed E-state index contributed by atoms with van der Waals surface area (Å²) in [5.41, 5.74) is 6.86. The van der Waals surface area contributed by atoms with Gasteiger partial charge in [0.2, 0.25) is 0 Å². The molecule has 0 spiro atoms. The van der Waals surface area contributed by atoms with Crippen molar-refractivity contribution in [1.29, 1.82) is 0 Å². The number of carbonyl (C=O) groups is 1. The molecule has 2 rings (SSSR count). The predicted octanol–water partition coefficient (Wildman–Crippen LogP) is 1.83. The number of carbonyl (C=O) groups excluding carboxylic acids is 1. The van der Waals surface area contributed by atoms with Crippen molar-refractivity contribution in [2.24, 2.45) is 5.73 Å². The summed E-state index contributed by atoms with van der Waals surface area (Å²) in [6, 6.07) is 14.1. The highest BCUT2D eigenvalue weighted by molar-refractivity contribution is 7.90. The third kappa shape index (κ3) is 3.68. The number of benzene rings is 2. The summed E-state index contributed by atoms with van der Waals surface area (Å²) < 4.78 is 26.1. The van der Waals surface area contributed by atoms with Crippen LogP contribution in [-0.4, -0.2) is 14.3 Å². The Morgan fingerprint density at radius 2 is 1.62 bits per heavy atom. The highest BCUT2D eigenvalue weighted by Crippen LogP contribution is 2.12. The van der Waals surface area contributed by atoms with Crippen LogP contribution in [0.25, 0.3) is 0 Å². The number of rotatable bonds is 4. The molecule has 6 heteroatoms. The van der Waals surface area contributed by atoms with Crippen molar-refractivity contribution >= 4 is 15.9 Å². The molecule has 0 bridgehead atoms. The number of nitrogens with one attached hydrogen (secondary N) is 1. The van der Waals surface area contributed by atoms with Crippen molar-refractivity contribution in [3.63, 3.8) is 0 Å². The van der Waals surface area contributed by atoms with Gasteiger partial charge in [0.05, 0.1) is 4.90 Å². The van der Waals surface area contributed by atoms with Gasteiger partial charge in [0.25, 0.3) is 15.9 Å². The van der Waals surface area contributed by atoms with E-state index in [-0.39, 0.29) is 16.5 Å². The molecule has 0 fully saturated rings. The fraction of sp³-hybridized carbons (Fsp3) is 0.133. The molecule has 2 aromatic carbocycles. The van der Waals surface area contributed by atoms with Crippen LogP contribution in [0.2, 0.25) is 0 Å². The van der Waals surface area contributed by atoms with Crippen LogP contribution in [0, 0.1) is 0 Å². The molecule has 0 saturated heterocycles. The predicted molar refractivity (Wildman–Crippen MR) is 80.1 cm³/mol. The van der Waals surface area contributed by atoms with Gasteiger partial charge in [-0.1, -0.05) is 30.3 Å². The fourth-order valence-corrected chi connectivity index (χ4v) is 2.77. The maximum atomic E-state index is 12.0. The molecule has 1 atom stereocenters. The van der Waals surface area contributed by atoms with E-state index in [1.165, 1.54) is 12.1 Å². The Morgan fingerprint density at radius 3 is 2.14 bits per heavy atom. The molecule has 1 unspecified atom stereocenters. The van der Waals surface area contributed by atoms with Crippen LogP contribution in [0.3, 0.4) is 0 Å². The molecule has 0 saturated carbocycles. The Labute approximate surface area is 123 Å². The van der Waals surface area contributed by atoms with Crippen molar-refractivity contribution < 1.29 is 13.2 Å². The summed E-state index contributed by atoms with van der Waals surface area (Å²) in [5.74, 6) is -0.671. The van der Waals surface area contributed by atoms with E-state index >= 15 is 0 Å². The van der Waals surface area contributed by atoms with E-state index in [2.05, 4.69) is 0 Å². The van der Waals surface area contributed by atoms with Gasteiger partial charge in [-0.15, -0.1) is 0 Å². The lowest BCUT2D eigenvalue weighted by molar-refractivity contribution is 0.0981. The number of hydrogen-bond donors (Lipinski definition) is 2. The van der Waals surface area contributed by atoms with E-state index in [0.717, 1.165) is 5.56 Å². The van der Waals surface area contributed by atoms with Crippen molar-refractivity contribution in [3.05, 3.63) is 65.7 Å². The highest BCUT2D eigenvalue weighted by Gasteiger charge is 2.18. The minimum atomic E-state index is -3.86. The van der Waals surface area contributed by atoms with Gasteiger partial charge in [-0.2, -0.15) is 0 Å². The number of nitrogens with two attached hydrogens (primary N) is 1. The van der Waals surface area contributed by atoms with E-state index in [4.69, 9.17) is 5.73 Å². The quantitative estimate of drug-likeness (QED) is 0.901. The van der Waals surface area contributed by atoms with E-state index in [0.29, 0.717) is 0 Å². The lowest BCUT2D eigenvalue weighted by Gasteiger charge is -2.08. The van der Waals surface area contributed by atoms with Gasteiger partial charge < -0.3 is 5.73 Å². The molecule has 0 aromatic heterocycles. The molecular weight excluding hydrogens is 288 g/mol. The zero-order valence-electron chi connectivity index (χ0n) is 11.5. The van der Waals surface area contributed by atoms with Crippen molar-refractivity contribution in [1.82, 2.24) is 4.72 Å². The molecule has 2 aromatic rings. The van der Waals surface area contributed by atoms with Gasteiger partial charge in [0, 0.05) is 11.6 Å². The van der Waals surface area contributed by atoms with Gasteiger partial charge in [0.15, 0.2) is 0 Å². The van der Waals surface area contributed by atoms with Crippen molar-refractivity contribution in [2.45, 2.75) is 17.9 Å². The lowest BCUT2D eigenvalue weighted by atomic mass is 10.1. The third-order valence-corrected chi connectivity index (χ3v) is 4.33. The Morgan fingerprint density at radius 1 is 1.05 bits per heavy atom. The molecule has 0 aliphatic carbocycles. The van der Waals surface area contributed by atoms with E-state index in [1.807, 2.05) is 11.6 Å². The van der Waals surface area contributed by atoms with E-state index in [9.17, 15) is 13.2 Å². The minimum Gasteiger partial charge on any atom is -0.324 e. The van der Waals surface area contributed by atoms with Crippen LogP contribution < -0.4 is 10.5 Å². The summed E-state index contributed by atoms with van der Waals surface area (Å²) in [5, 5.41) is 0. The Kier molecular flexibility index (Phi) is 4.40. The molecule has 5 nitrogen and oxygen atoms in total. The molecule has 110 valence electrons. The molecule has 1 amide bonds. The number of hydrogen-bond acceptors (Lipinski definition) is 4. The smallest absolute Gasteiger partial charge is 0.264 e. The maximum Gasteiger partial charge on any atom is 0.264 e.